The van der Waals surface area contributed by atoms with Crippen LogP contribution >= 0.6 is 11.6 Å². The molecule has 0 atom stereocenters. The van der Waals surface area contributed by atoms with Crippen LogP contribution in [0.5, 0.6) is 0 Å². The van der Waals surface area contributed by atoms with E-state index in [2.05, 4.69) is 17.2 Å². The summed E-state index contributed by atoms with van der Waals surface area (Å²) in [6, 6.07) is 5.17. The zero-order valence-corrected chi connectivity index (χ0v) is 13.4. The molecule has 5 nitrogen and oxygen atoms in total. The number of pyridine rings is 1. The number of benzene rings is 1. The Labute approximate surface area is 133 Å². The first-order chi connectivity index (χ1) is 10.6. The van der Waals surface area contributed by atoms with Gasteiger partial charge in [0.15, 0.2) is 0 Å². The molecule has 1 heterocycles. The molecule has 6 heteroatoms. The standard InChI is InChI=1S/C16H19ClN2O3/c1-3-5-8-18-14-11-7-6-10(17)9-12(11)19-15(20)13(14)16(21)22-4-2/h6-7,9H,3-5,8H2,1-2H3,(H2,18,19,20). The van der Waals surface area contributed by atoms with Gasteiger partial charge in [0, 0.05) is 17.0 Å². The zero-order chi connectivity index (χ0) is 16.1. The summed E-state index contributed by atoms with van der Waals surface area (Å²) < 4.78 is 5.00. The van der Waals surface area contributed by atoms with Crippen molar-refractivity contribution < 1.29 is 9.53 Å². The lowest BCUT2D eigenvalue weighted by atomic mass is 10.1. The summed E-state index contributed by atoms with van der Waals surface area (Å²) in [5.41, 5.74) is 0.617. The van der Waals surface area contributed by atoms with Gasteiger partial charge < -0.3 is 15.0 Å². The third kappa shape index (κ3) is 3.42. The number of halogens is 1. The van der Waals surface area contributed by atoms with Gasteiger partial charge in [0.25, 0.3) is 5.56 Å². The second-order valence-electron chi connectivity index (χ2n) is 4.89. The maximum absolute atomic E-state index is 12.3. The first-order valence-electron chi connectivity index (χ1n) is 7.35. The first-order valence-corrected chi connectivity index (χ1v) is 7.72. The Morgan fingerprint density at radius 1 is 1.36 bits per heavy atom. The lowest BCUT2D eigenvalue weighted by molar-refractivity contribution is 0.0525. The van der Waals surface area contributed by atoms with Crippen LogP contribution in [0.2, 0.25) is 5.02 Å². The zero-order valence-electron chi connectivity index (χ0n) is 12.7. The van der Waals surface area contributed by atoms with E-state index in [0.29, 0.717) is 22.8 Å². The van der Waals surface area contributed by atoms with E-state index in [1.54, 1.807) is 25.1 Å². The van der Waals surface area contributed by atoms with Gasteiger partial charge in [-0.25, -0.2) is 4.79 Å². The number of aromatic amines is 1. The van der Waals surface area contributed by atoms with Crippen LogP contribution in [-0.2, 0) is 4.74 Å². The molecule has 1 aromatic carbocycles. The summed E-state index contributed by atoms with van der Waals surface area (Å²) in [6.45, 7) is 4.66. The average molecular weight is 323 g/mol. The van der Waals surface area contributed by atoms with E-state index in [0.717, 1.165) is 18.2 Å². The predicted molar refractivity (Wildman–Crippen MR) is 88.9 cm³/mol. The minimum absolute atomic E-state index is 0.00720. The second kappa shape index (κ2) is 7.31. The highest BCUT2D eigenvalue weighted by molar-refractivity contribution is 6.31. The number of esters is 1. The van der Waals surface area contributed by atoms with Gasteiger partial charge in [-0.3, -0.25) is 4.79 Å². The fourth-order valence-corrected chi connectivity index (χ4v) is 2.41. The smallest absolute Gasteiger partial charge is 0.345 e. The number of H-pyrrole nitrogens is 1. The summed E-state index contributed by atoms with van der Waals surface area (Å²) >= 11 is 5.97. The SMILES string of the molecule is CCCCNc1c(C(=O)OCC)c(=O)[nH]c2cc(Cl)ccc12. The molecule has 0 aliphatic heterocycles. The van der Waals surface area contributed by atoms with E-state index >= 15 is 0 Å². The maximum Gasteiger partial charge on any atom is 0.345 e. The Hall–Kier alpha value is -2.01. The van der Waals surface area contributed by atoms with E-state index < -0.39 is 11.5 Å². The normalized spacial score (nSPS) is 10.7. The molecule has 0 saturated carbocycles. The molecule has 1 aromatic heterocycles. The Bertz CT molecular complexity index is 740. The van der Waals surface area contributed by atoms with E-state index in [-0.39, 0.29) is 12.2 Å². The number of aromatic nitrogens is 1. The van der Waals surface area contributed by atoms with Gasteiger partial charge in [-0.2, -0.15) is 0 Å². The molecule has 0 amide bonds. The highest BCUT2D eigenvalue weighted by Crippen LogP contribution is 2.26. The van der Waals surface area contributed by atoms with Crippen LogP contribution in [0.1, 0.15) is 37.0 Å². The second-order valence-corrected chi connectivity index (χ2v) is 5.33. The van der Waals surface area contributed by atoms with Crippen LogP contribution in [0.25, 0.3) is 10.9 Å². The largest absolute Gasteiger partial charge is 0.462 e. The van der Waals surface area contributed by atoms with Gasteiger partial charge in [-0.1, -0.05) is 24.9 Å². The van der Waals surface area contributed by atoms with Gasteiger partial charge in [-0.05, 0) is 31.5 Å². The molecular formula is C16H19ClN2O3. The van der Waals surface area contributed by atoms with Gasteiger partial charge in [0.05, 0.1) is 17.8 Å². The molecule has 2 aromatic rings. The Kier molecular flexibility index (Phi) is 5.44. The van der Waals surface area contributed by atoms with E-state index in [4.69, 9.17) is 16.3 Å². The molecule has 2 rings (SSSR count). The lowest BCUT2D eigenvalue weighted by Crippen LogP contribution is -2.23. The number of ether oxygens (including phenoxy) is 1. The maximum atomic E-state index is 12.3. The lowest BCUT2D eigenvalue weighted by Gasteiger charge is -2.13. The predicted octanol–water partition coefficient (Wildman–Crippen LogP) is 3.57. The third-order valence-corrected chi connectivity index (χ3v) is 3.52. The number of nitrogens with one attached hydrogen (secondary N) is 2. The van der Waals surface area contributed by atoms with Gasteiger partial charge in [-0.15, -0.1) is 0 Å². The van der Waals surface area contributed by atoms with Crippen molar-refractivity contribution in [1.29, 1.82) is 0 Å². The van der Waals surface area contributed by atoms with Gasteiger partial charge >= 0.3 is 5.97 Å². The fourth-order valence-electron chi connectivity index (χ4n) is 2.24. The van der Waals surface area contributed by atoms with Crippen LogP contribution in [0.3, 0.4) is 0 Å². The third-order valence-electron chi connectivity index (χ3n) is 3.29. The molecule has 0 saturated heterocycles. The van der Waals surface area contributed by atoms with Gasteiger partial charge in [0.1, 0.15) is 5.56 Å². The molecule has 118 valence electrons. The van der Waals surface area contributed by atoms with Crippen molar-refractivity contribution >= 4 is 34.2 Å². The topological polar surface area (TPSA) is 71.2 Å². The Balaban J connectivity index is 2.62. The minimum Gasteiger partial charge on any atom is -0.462 e. The molecule has 0 fully saturated rings. The Morgan fingerprint density at radius 3 is 2.82 bits per heavy atom. The number of fused-ring (bicyclic) bond motifs is 1. The molecule has 0 spiro atoms. The van der Waals surface area contributed by atoms with Crippen molar-refractivity contribution in [2.24, 2.45) is 0 Å². The van der Waals surface area contributed by atoms with Crippen molar-refractivity contribution in [1.82, 2.24) is 4.98 Å². The van der Waals surface area contributed by atoms with Crippen molar-refractivity contribution in [2.45, 2.75) is 26.7 Å². The van der Waals surface area contributed by atoms with E-state index in [9.17, 15) is 9.59 Å². The van der Waals surface area contributed by atoms with Crippen LogP contribution in [0.15, 0.2) is 23.0 Å². The number of hydrogen-bond acceptors (Lipinski definition) is 4. The minimum atomic E-state index is -0.625. The number of hydrogen-bond donors (Lipinski definition) is 2. The fraction of sp³-hybridized carbons (Fsp3) is 0.375. The number of carbonyl (C=O) groups is 1. The molecule has 2 N–H and O–H groups in total. The first kappa shape index (κ1) is 16.4. The highest BCUT2D eigenvalue weighted by atomic mass is 35.5. The van der Waals surface area contributed by atoms with Crippen LogP contribution in [0.4, 0.5) is 5.69 Å². The quantitative estimate of drug-likeness (QED) is 0.630. The number of carbonyl (C=O) groups excluding carboxylic acids is 1. The van der Waals surface area contributed by atoms with Crippen LogP contribution in [0, 0.1) is 0 Å². The number of rotatable bonds is 6. The molecule has 0 aliphatic carbocycles. The van der Waals surface area contributed by atoms with Crippen molar-refractivity contribution in [2.75, 3.05) is 18.5 Å². The summed E-state index contributed by atoms with van der Waals surface area (Å²) in [5, 5.41) is 4.45. The summed E-state index contributed by atoms with van der Waals surface area (Å²) in [6.07, 6.45) is 1.94. The highest BCUT2D eigenvalue weighted by Gasteiger charge is 2.20. The average Bonchev–Trinajstić information content (AvgIpc) is 2.46. The van der Waals surface area contributed by atoms with E-state index in [1.807, 2.05) is 0 Å². The summed E-state index contributed by atoms with van der Waals surface area (Å²) in [4.78, 5) is 27.1. The molecule has 0 unspecified atom stereocenters. The molecular weight excluding hydrogens is 304 g/mol. The Morgan fingerprint density at radius 2 is 2.14 bits per heavy atom. The van der Waals surface area contributed by atoms with Crippen LogP contribution < -0.4 is 10.9 Å². The van der Waals surface area contributed by atoms with E-state index in [1.165, 1.54) is 0 Å². The number of unbranched alkanes of at least 4 members (excludes halogenated alkanes) is 1. The van der Waals surface area contributed by atoms with Crippen LogP contribution in [-0.4, -0.2) is 24.1 Å². The summed E-state index contributed by atoms with van der Waals surface area (Å²) in [5.74, 6) is -0.625. The monoisotopic (exact) mass is 322 g/mol. The van der Waals surface area contributed by atoms with Gasteiger partial charge in [0.2, 0.25) is 0 Å². The van der Waals surface area contributed by atoms with Crippen molar-refractivity contribution in [3.8, 4) is 0 Å². The summed E-state index contributed by atoms with van der Waals surface area (Å²) in [7, 11) is 0. The molecule has 0 radical (unpaired) electrons. The van der Waals surface area contributed by atoms with Crippen molar-refractivity contribution in [3.63, 3.8) is 0 Å². The molecule has 0 bridgehead atoms. The molecule has 0 aliphatic rings. The molecule has 22 heavy (non-hydrogen) atoms. The number of anilines is 1. The van der Waals surface area contributed by atoms with Crippen molar-refractivity contribution in [3.05, 3.63) is 39.1 Å².